The smallest absolute Gasteiger partial charge is 0.0750 e. The lowest BCUT2D eigenvalue weighted by Crippen LogP contribution is -2.37. The second-order valence-corrected chi connectivity index (χ2v) is 5.16. The van der Waals surface area contributed by atoms with Gasteiger partial charge >= 0.3 is 0 Å². The lowest BCUT2D eigenvalue weighted by molar-refractivity contribution is -0.00898. The van der Waals surface area contributed by atoms with Crippen LogP contribution in [0, 0.1) is 13.8 Å². The Morgan fingerprint density at radius 1 is 1.24 bits per heavy atom. The van der Waals surface area contributed by atoms with Crippen LogP contribution in [0.4, 0.5) is 0 Å². The van der Waals surface area contributed by atoms with Gasteiger partial charge in [-0.3, -0.25) is 0 Å². The van der Waals surface area contributed by atoms with Gasteiger partial charge in [-0.05, 0) is 51.3 Å². The van der Waals surface area contributed by atoms with Crippen molar-refractivity contribution in [2.24, 2.45) is 0 Å². The van der Waals surface area contributed by atoms with Gasteiger partial charge in [0.25, 0.3) is 0 Å². The van der Waals surface area contributed by atoms with Gasteiger partial charge in [-0.2, -0.15) is 0 Å². The molecule has 0 fully saturated rings. The molecule has 0 radical (unpaired) electrons. The third-order valence-corrected chi connectivity index (χ3v) is 3.12. The van der Waals surface area contributed by atoms with Crippen molar-refractivity contribution in [3.8, 4) is 0 Å². The number of rotatable bonds is 6. The normalized spacial score (nSPS) is 11.8. The van der Waals surface area contributed by atoms with Crippen LogP contribution in [0.1, 0.15) is 37.5 Å². The van der Waals surface area contributed by atoms with E-state index in [4.69, 9.17) is 4.74 Å². The molecule has 17 heavy (non-hydrogen) atoms. The van der Waals surface area contributed by atoms with Crippen molar-refractivity contribution >= 4 is 0 Å². The minimum absolute atomic E-state index is 0.0908. The number of benzene rings is 1. The molecule has 2 nitrogen and oxygen atoms in total. The number of hydrogen-bond acceptors (Lipinski definition) is 2. The van der Waals surface area contributed by atoms with E-state index in [2.05, 4.69) is 51.2 Å². The van der Waals surface area contributed by atoms with E-state index in [1.807, 2.05) is 6.92 Å². The summed E-state index contributed by atoms with van der Waals surface area (Å²) < 4.78 is 5.66. The first-order valence-corrected chi connectivity index (χ1v) is 6.36. The quantitative estimate of drug-likeness (QED) is 0.817. The van der Waals surface area contributed by atoms with Gasteiger partial charge in [-0.25, -0.2) is 0 Å². The molecule has 0 unspecified atom stereocenters. The average molecular weight is 235 g/mol. The number of ether oxygens (including phenoxy) is 1. The highest BCUT2D eigenvalue weighted by Crippen LogP contribution is 2.13. The van der Waals surface area contributed by atoms with Crippen molar-refractivity contribution in [1.29, 1.82) is 0 Å². The Labute approximate surface area is 105 Å². The lowest BCUT2D eigenvalue weighted by atomic mass is 10.0. The molecular formula is C15H25NO. The first kappa shape index (κ1) is 14.2. The molecule has 0 atom stereocenters. The Morgan fingerprint density at radius 2 is 1.94 bits per heavy atom. The maximum Gasteiger partial charge on any atom is 0.0750 e. The fourth-order valence-electron chi connectivity index (χ4n) is 1.94. The summed E-state index contributed by atoms with van der Waals surface area (Å²) in [6, 6.07) is 6.46. The summed E-state index contributed by atoms with van der Waals surface area (Å²) >= 11 is 0. The van der Waals surface area contributed by atoms with Crippen molar-refractivity contribution < 1.29 is 4.74 Å². The van der Waals surface area contributed by atoms with Gasteiger partial charge in [0.15, 0.2) is 0 Å². The molecule has 0 amide bonds. The zero-order chi connectivity index (χ0) is 12.9. The standard InChI is InChI=1S/C15H25NO/c1-6-17-15(4,5)11-16-10-14-9-7-8-12(2)13(14)3/h7-9,16H,6,10-11H2,1-5H3. The van der Waals surface area contributed by atoms with Gasteiger partial charge in [-0.1, -0.05) is 18.2 Å². The highest BCUT2D eigenvalue weighted by Gasteiger charge is 2.16. The largest absolute Gasteiger partial charge is 0.375 e. The summed E-state index contributed by atoms with van der Waals surface area (Å²) in [7, 11) is 0. The zero-order valence-electron chi connectivity index (χ0n) is 11.8. The van der Waals surface area contributed by atoms with Crippen LogP contribution in [0.15, 0.2) is 18.2 Å². The molecular weight excluding hydrogens is 210 g/mol. The monoisotopic (exact) mass is 235 g/mol. The molecule has 1 N–H and O–H groups in total. The molecule has 0 aromatic heterocycles. The summed E-state index contributed by atoms with van der Waals surface area (Å²) in [5.74, 6) is 0. The highest BCUT2D eigenvalue weighted by molar-refractivity contribution is 5.32. The Balaban J connectivity index is 2.49. The highest BCUT2D eigenvalue weighted by atomic mass is 16.5. The van der Waals surface area contributed by atoms with Crippen LogP contribution in [-0.2, 0) is 11.3 Å². The van der Waals surface area contributed by atoms with Crippen LogP contribution in [0.25, 0.3) is 0 Å². The molecule has 0 aliphatic carbocycles. The number of aryl methyl sites for hydroxylation is 1. The molecule has 0 bridgehead atoms. The van der Waals surface area contributed by atoms with E-state index >= 15 is 0 Å². The molecule has 0 spiro atoms. The van der Waals surface area contributed by atoms with Crippen LogP contribution >= 0.6 is 0 Å². The third-order valence-electron chi connectivity index (χ3n) is 3.12. The summed E-state index contributed by atoms with van der Waals surface area (Å²) in [4.78, 5) is 0. The maximum absolute atomic E-state index is 5.66. The molecule has 1 rings (SSSR count). The summed E-state index contributed by atoms with van der Waals surface area (Å²) in [5, 5.41) is 3.47. The predicted octanol–water partition coefficient (Wildman–Crippen LogP) is 3.21. The van der Waals surface area contributed by atoms with Crippen LogP contribution in [0.3, 0.4) is 0 Å². The van der Waals surface area contributed by atoms with Crippen molar-refractivity contribution in [1.82, 2.24) is 5.32 Å². The van der Waals surface area contributed by atoms with Crippen LogP contribution in [-0.4, -0.2) is 18.8 Å². The fourth-order valence-corrected chi connectivity index (χ4v) is 1.94. The Hall–Kier alpha value is -0.860. The summed E-state index contributed by atoms with van der Waals surface area (Å²) in [6.45, 7) is 13.1. The molecule has 1 aromatic carbocycles. The van der Waals surface area contributed by atoms with Crippen LogP contribution in [0.2, 0.25) is 0 Å². The van der Waals surface area contributed by atoms with Crippen molar-refractivity contribution in [3.05, 3.63) is 34.9 Å². The SMILES string of the molecule is CCOC(C)(C)CNCc1cccc(C)c1C. The number of nitrogens with one attached hydrogen (secondary N) is 1. The molecule has 0 saturated carbocycles. The van der Waals surface area contributed by atoms with Crippen molar-refractivity contribution in [2.75, 3.05) is 13.2 Å². The van der Waals surface area contributed by atoms with Crippen LogP contribution < -0.4 is 5.32 Å². The molecule has 2 heteroatoms. The van der Waals surface area contributed by atoms with Gasteiger partial charge in [-0.15, -0.1) is 0 Å². The van der Waals surface area contributed by atoms with E-state index in [0.717, 1.165) is 19.7 Å². The third kappa shape index (κ3) is 4.49. The zero-order valence-corrected chi connectivity index (χ0v) is 11.8. The fraction of sp³-hybridized carbons (Fsp3) is 0.600. The van der Waals surface area contributed by atoms with E-state index in [1.54, 1.807) is 0 Å². The van der Waals surface area contributed by atoms with Gasteiger partial charge in [0, 0.05) is 19.7 Å². The Kier molecular flexibility index (Phi) is 5.16. The number of hydrogen-bond donors (Lipinski definition) is 1. The minimum Gasteiger partial charge on any atom is -0.375 e. The second-order valence-electron chi connectivity index (χ2n) is 5.16. The lowest BCUT2D eigenvalue weighted by Gasteiger charge is -2.25. The first-order chi connectivity index (χ1) is 7.96. The Bertz CT molecular complexity index is 358. The minimum atomic E-state index is -0.0908. The van der Waals surface area contributed by atoms with Gasteiger partial charge in [0.1, 0.15) is 0 Å². The van der Waals surface area contributed by atoms with E-state index in [0.29, 0.717) is 0 Å². The molecule has 1 aromatic rings. The molecule has 96 valence electrons. The second kappa shape index (κ2) is 6.18. The van der Waals surface area contributed by atoms with Crippen LogP contribution in [0.5, 0.6) is 0 Å². The first-order valence-electron chi connectivity index (χ1n) is 6.36. The van der Waals surface area contributed by atoms with E-state index in [-0.39, 0.29) is 5.60 Å². The Morgan fingerprint density at radius 3 is 2.59 bits per heavy atom. The molecule has 0 heterocycles. The average Bonchev–Trinajstić information content (AvgIpc) is 2.24. The molecule has 0 saturated heterocycles. The van der Waals surface area contributed by atoms with E-state index < -0.39 is 0 Å². The van der Waals surface area contributed by atoms with Gasteiger partial charge < -0.3 is 10.1 Å². The van der Waals surface area contributed by atoms with Crippen molar-refractivity contribution in [2.45, 2.75) is 46.8 Å². The van der Waals surface area contributed by atoms with E-state index in [9.17, 15) is 0 Å². The van der Waals surface area contributed by atoms with Gasteiger partial charge in [0.05, 0.1) is 5.60 Å². The topological polar surface area (TPSA) is 21.3 Å². The summed E-state index contributed by atoms with van der Waals surface area (Å²) in [5.41, 5.74) is 4.02. The van der Waals surface area contributed by atoms with Crippen molar-refractivity contribution in [3.63, 3.8) is 0 Å². The van der Waals surface area contributed by atoms with E-state index in [1.165, 1.54) is 16.7 Å². The summed E-state index contributed by atoms with van der Waals surface area (Å²) in [6.07, 6.45) is 0. The molecule has 0 aliphatic rings. The maximum atomic E-state index is 5.66. The van der Waals surface area contributed by atoms with Gasteiger partial charge in [0.2, 0.25) is 0 Å². The predicted molar refractivity (Wildman–Crippen MR) is 73.3 cm³/mol. The molecule has 0 aliphatic heterocycles.